The molecule has 0 radical (unpaired) electrons. The van der Waals surface area contributed by atoms with Crippen molar-refractivity contribution in [3.05, 3.63) is 53.2 Å². The molecule has 0 spiro atoms. The number of rotatable bonds is 4. The first kappa shape index (κ1) is 17.5. The fourth-order valence-corrected chi connectivity index (χ4v) is 5.01. The Hall–Kier alpha value is -2.64. The molecule has 3 aromatic heterocycles. The number of fused-ring (bicyclic) bond motifs is 3. The molecule has 0 atom stereocenters. The van der Waals surface area contributed by atoms with Crippen molar-refractivity contribution in [2.45, 2.75) is 45.3 Å². The summed E-state index contributed by atoms with van der Waals surface area (Å²) in [4.78, 5) is 18.9. The first-order chi connectivity index (χ1) is 13.5. The zero-order valence-electron chi connectivity index (χ0n) is 15.9. The van der Waals surface area contributed by atoms with E-state index in [0.29, 0.717) is 6.54 Å². The van der Waals surface area contributed by atoms with Gasteiger partial charge in [0.05, 0.1) is 26.9 Å². The van der Waals surface area contributed by atoms with E-state index in [-0.39, 0.29) is 0 Å². The van der Waals surface area contributed by atoms with E-state index in [4.69, 9.17) is 0 Å². The van der Waals surface area contributed by atoms with Gasteiger partial charge in [0.25, 0.3) is 0 Å². The van der Waals surface area contributed by atoms with Crippen LogP contribution in [0.2, 0.25) is 0 Å². The van der Waals surface area contributed by atoms with Crippen molar-refractivity contribution >= 4 is 37.6 Å². The van der Waals surface area contributed by atoms with Gasteiger partial charge < -0.3 is 10.4 Å². The molecular weight excluding hydrogens is 370 g/mol. The summed E-state index contributed by atoms with van der Waals surface area (Å²) in [6.45, 7) is 4.56. The van der Waals surface area contributed by atoms with Gasteiger partial charge in [-0.05, 0) is 44.2 Å². The number of aliphatic hydroxyl groups is 1. The Bertz CT molecular complexity index is 1180. The Morgan fingerprint density at radius 3 is 2.61 bits per heavy atom. The molecule has 0 saturated heterocycles. The molecule has 1 saturated carbocycles. The molecule has 0 bridgehead atoms. The second-order valence-electron chi connectivity index (χ2n) is 7.47. The van der Waals surface area contributed by atoms with Crippen molar-refractivity contribution < 1.29 is 5.11 Å². The SMILES string of the molecule is Cc1nc(C)c2c(n1)sc1c(NCc3ccc(C4(O)CCC4)cc3)ncnc12. The van der Waals surface area contributed by atoms with Crippen LogP contribution in [-0.4, -0.2) is 25.0 Å². The monoisotopic (exact) mass is 391 g/mol. The third-order valence-electron chi connectivity index (χ3n) is 5.54. The third kappa shape index (κ3) is 2.82. The van der Waals surface area contributed by atoms with Gasteiger partial charge in [-0.2, -0.15) is 0 Å². The number of benzene rings is 1. The van der Waals surface area contributed by atoms with Gasteiger partial charge in [-0.25, -0.2) is 19.9 Å². The van der Waals surface area contributed by atoms with Gasteiger partial charge in [0.2, 0.25) is 0 Å². The number of aryl methyl sites for hydroxylation is 2. The van der Waals surface area contributed by atoms with Gasteiger partial charge in [-0.15, -0.1) is 11.3 Å². The summed E-state index contributed by atoms with van der Waals surface area (Å²) in [5.74, 6) is 1.58. The quantitative estimate of drug-likeness (QED) is 0.541. The van der Waals surface area contributed by atoms with E-state index < -0.39 is 5.60 Å². The van der Waals surface area contributed by atoms with E-state index in [9.17, 15) is 5.11 Å². The Balaban J connectivity index is 1.43. The van der Waals surface area contributed by atoms with Crippen LogP contribution >= 0.6 is 11.3 Å². The first-order valence-electron chi connectivity index (χ1n) is 9.48. The number of nitrogens with zero attached hydrogens (tertiary/aromatic N) is 4. The van der Waals surface area contributed by atoms with Crippen LogP contribution in [-0.2, 0) is 12.1 Å². The van der Waals surface area contributed by atoms with Crippen LogP contribution in [0.3, 0.4) is 0 Å². The average molecular weight is 392 g/mol. The lowest BCUT2D eigenvalue weighted by atomic mass is 9.75. The van der Waals surface area contributed by atoms with Gasteiger partial charge in [0.15, 0.2) is 0 Å². The van der Waals surface area contributed by atoms with E-state index in [2.05, 4.69) is 37.4 Å². The molecule has 7 heteroatoms. The van der Waals surface area contributed by atoms with Gasteiger partial charge in [-0.1, -0.05) is 24.3 Å². The lowest BCUT2D eigenvalue weighted by molar-refractivity contribution is -0.0388. The number of thiophene rings is 1. The molecule has 1 aromatic carbocycles. The molecule has 142 valence electrons. The molecule has 0 aliphatic heterocycles. The standard InChI is InChI=1S/C21H21N5OS/c1-12-16-17-18(28-20(16)26-13(2)25-12)19(24-11-23-17)22-10-14-4-6-15(7-5-14)21(27)8-3-9-21/h4-7,11,27H,3,8-10H2,1-2H3,(H,22,23,24). The van der Waals surface area contributed by atoms with E-state index in [1.54, 1.807) is 17.7 Å². The third-order valence-corrected chi connectivity index (χ3v) is 6.62. The summed E-state index contributed by atoms with van der Waals surface area (Å²) in [7, 11) is 0. The van der Waals surface area contributed by atoms with E-state index in [1.165, 1.54) is 0 Å². The minimum absolute atomic E-state index is 0.612. The van der Waals surface area contributed by atoms with Crippen LogP contribution in [0.1, 0.15) is 41.9 Å². The second kappa shape index (κ2) is 6.46. The van der Waals surface area contributed by atoms with Gasteiger partial charge >= 0.3 is 0 Å². The van der Waals surface area contributed by atoms with Crippen molar-refractivity contribution in [1.82, 2.24) is 19.9 Å². The first-order valence-corrected chi connectivity index (χ1v) is 10.3. The number of nitrogens with one attached hydrogen (secondary N) is 1. The molecule has 6 nitrogen and oxygen atoms in total. The number of anilines is 1. The summed E-state index contributed by atoms with van der Waals surface area (Å²) >= 11 is 1.60. The van der Waals surface area contributed by atoms with Crippen LogP contribution in [0.25, 0.3) is 20.4 Å². The molecule has 4 aromatic rings. The van der Waals surface area contributed by atoms with Crippen molar-refractivity contribution in [1.29, 1.82) is 0 Å². The normalized spacial score (nSPS) is 15.7. The maximum Gasteiger partial charge on any atom is 0.147 e. The molecule has 3 heterocycles. The zero-order chi connectivity index (χ0) is 19.3. The molecule has 5 rings (SSSR count). The Kier molecular flexibility index (Phi) is 4.03. The maximum atomic E-state index is 10.5. The van der Waals surface area contributed by atoms with E-state index in [1.807, 2.05) is 26.0 Å². The highest BCUT2D eigenvalue weighted by Crippen LogP contribution is 2.41. The van der Waals surface area contributed by atoms with Crippen LogP contribution in [0.4, 0.5) is 5.82 Å². The second-order valence-corrected chi connectivity index (χ2v) is 8.47. The van der Waals surface area contributed by atoms with Gasteiger partial charge in [0.1, 0.15) is 22.8 Å². The minimum atomic E-state index is -0.612. The molecule has 0 unspecified atom stereocenters. The highest BCUT2D eigenvalue weighted by molar-refractivity contribution is 7.26. The minimum Gasteiger partial charge on any atom is -0.385 e. The van der Waals surface area contributed by atoms with Crippen molar-refractivity contribution in [2.24, 2.45) is 0 Å². The van der Waals surface area contributed by atoms with E-state index >= 15 is 0 Å². The fourth-order valence-electron chi connectivity index (χ4n) is 3.82. The van der Waals surface area contributed by atoms with Crippen LogP contribution in [0.15, 0.2) is 30.6 Å². The molecule has 28 heavy (non-hydrogen) atoms. The smallest absolute Gasteiger partial charge is 0.147 e. The summed E-state index contributed by atoms with van der Waals surface area (Å²) in [5, 5.41) is 14.9. The van der Waals surface area contributed by atoms with Crippen molar-refractivity contribution in [3.63, 3.8) is 0 Å². The predicted octanol–water partition coefficient (Wildman–Crippen LogP) is 4.23. The topological polar surface area (TPSA) is 83.8 Å². The van der Waals surface area contributed by atoms with Crippen molar-refractivity contribution in [2.75, 3.05) is 5.32 Å². The number of hydrogen-bond acceptors (Lipinski definition) is 7. The van der Waals surface area contributed by atoms with Gasteiger partial charge in [0, 0.05) is 6.54 Å². The number of aromatic nitrogens is 4. The summed E-state index contributed by atoms with van der Waals surface area (Å²) in [5.41, 5.74) is 3.39. The Morgan fingerprint density at radius 2 is 1.89 bits per heavy atom. The largest absolute Gasteiger partial charge is 0.385 e. The highest BCUT2D eigenvalue weighted by Gasteiger charge is 2.35. The Morgan fingerprint density at radius 1 is 1.11 bits per heavy atom. The lowest BCUT2D eigenvalue weighted by Crippen LogP contribution is -2.33. The lowest BCUT2D eigenvalue weighted by Gasteiger charge is -2.37. The van der Waals surface area contributed by atoms with Crippen molar-refractivity contribution in [3.8, 4) is 0 Å². The zero-order valence-corrected chi connectivity index (χ0v) is 16.7. The maximum absolute atomic E-state index is 10.5. The van der Waals surface area contributed by atoms with Crippen LogP contribution < -0.4 is 5.32 Å². The van der Waals surface area contributed by atoms with Crippen LogP contribution in [0.5, 0.6) is 0 Å². The molecule has 1 aliphatic rings. The molecule has 0 amide bonds. The number of hydrogen-bond donors (Lipinski definition) is 2. The van der Waals surface area contributed by atoms with E-state index in [0.717, 1.165) is 68.2 Å². The average Bonchev–Trinajstić information content (AvgIpc) is 3.04. The van der Waals surface area contributed by atoms with Crippen LogP contribution in [0, 0.1) is 13.8 Å². The fraction of sp³-hybridized carbons (Fsp3) is 0.333. The molecular formula is C21H21N5OS. The summed E-state index contributed by atoms with van der Waals surface area (Å²) < 4.78 is 1.00. The molecule has 1 fully saturated rings. The highest BCUT2D eigenvalue weighted by atomic mass is 32.1. The van der Waals surface area contributed by atoms with Gasteiger partial charge in [-0.3, -0.25) is 0 Å². The summed E-state index contributed by atoms with van der Waals surface area (Å²) in [6, 6.07) is 8.21. The predicted molar refractivity (Wildman–Crippen MR) is 112 cm³/mol. The summed E-state index contributed by atoms with van der Waals surface area (Å²) in [6.07, 6.45) is 4.40. The molecule has 1 aliphatic carbocycles. The Labute approximate surface area is 166 Å². The molecule has 2 N–H and O–H groups in total.